The normalized spacial score (nSPS) is 15.5. The predicted octanol–water partition coefficient (Wildman–Crippen LogP) is 14.7. The number of hydrogen-bond donors (Lipinski definition) is 0. The standard InChI is InChI=1S/C34H12F26/c35-23(36,25(39,40)27(43,44)29(47,48)31(51,52)33(55,56)57)21-17-9-13-5-1-2-6-14(13)10-18(17)22(20-12-16-8-4-3-7-15(16)11-19(20)21)24(37,38)26(41,42)28(45,46)30(49,50)32(53,54)34(58,59)60/h1-12H. The molecule has 0 spiro atoms. The smallest absolute Gasteiger partial charge is 0.194 e. The third kappa shape index (κ3) is 5.75. The molecule has 0 aliphatic rings. The van der Waals surface area contributed by atoms with E-state index < -0.39 is 126 Å². The zero-order chi connectivity index (χ0) is 46.3. The van der Waals surface area contributed by atoms with Crippen molar-refractivity contribution >= 4 is 43.1 Å². The van der Waals surface area contributed by atoms with Gasteiger partial charge in [0.15, 0.2) is 0 Å². The van der Waals surface area contributed by atoms with Crippen LogP contribution in [0.2, 0.25) is 0 Å². The Kier molecular flexibility index (Phi) is 9.99. The van der Waals surface area contributed by atoms with Crippen LogP contribution in [0, 0.1) is 0 Å². The summed E-state index contributed by atoms with van der Waals surface area (Å²) in [6, 6.07) is 5.35. The topological polar surface area (TPSA) is 0 Å². The van der Waals surface area contributed by atoms with Crippen LogP contribution in [0.4, 0.5) is 114 Å². The molecule has 0 aliphatic carbocycles. The quantitative estimate of drug-likeness (QED) is 0.0967. The zero-order valence-electron chi connectivity index (χ0n) is 27.8. The first-order valence-electron chi connectivity index (χ1n) is 15.4. The lowest BCUT2D eigenvalue weighted by Crippen LogP contribution is -2.69. The second-order valence-corrected chi connectivity index (χ2v) is 13.0. The Morgan fingerprint density at radius 1 is 0.233 bits per heavy atom. The van der Waals surface area contributed by atoms with Crippen LogP contribution in [0.25, 0.3) is 43.1 Å². The van der Waals surface area contributed by atoms with Gasteiger partial charge >= 0.3 is 71.6 Å². The molecule has 0 amide bonds. The van der Waals surface area contributed by atoms with E-state index in [1.165, 1.54) is 0 Å². The van der Waals surface area contributed by atoms with Gasteiger partial charge in [-0.1, -0.05) is 48.5 Å². The van der Waals surface area contributed by atoms with Gasteiger partial charge in [0.2, 0.25) is 0 Å². The van der Waals surface area contributed by atoms with Gasteiger partial charge in [-0.2, -0.15) is 114 Å². The predicted molar refractivity (Wildman–Crippen MR) is 156 cm³/mol. The average Bonchev–Trinajstić information content (AvgIpc) is 3.10. The fraction of sp³-hybridized carbons (Fsp3) is 0.353. The van der Waals surface area contributed by atoms with Gasteiger partial charge < -0.3 is 0 Å². The van der Waals surface area contributed by atoms with Crippen LogP contribution >= 0.6 is 0 Å². The summed E-state index contributed by atoms with van der Waals surface area (Å²) in [5.41, 5.74) is -6.24. The van der Waals surface area contributed by atoms with Gasteiger partial charge in [0, 0.05) is 11.1 Å². The highest BCUT2D eigenvalue weighted by atomic mass is 19.4. The van der Waals surface area contributed by atoms with Gasteiger partial charge in [-0.25, -0.2) is 0 Å². The summed E-state index contributed by atoms with van der Waals surface area (Å²) in [4.78, 5) is 0. The number of hydrogen-bond acceptors (Lipinski definition) is 0. The monoisotopic (exact) mass is 914 g/mol. The van der Waals surface area contributed by atoms with E-state index in [1.807, 2.05) is 0 Å². The Morgan fingerprint density at radius 3 is 0.600 bits per heavy atom. The van der Waals surface area contributed by atoms with Crippen LogP contribution in [0.15, 0.2) is 72.8 Å². The molecule has 0 unspecified atom stereocenters. The van der Waals surface area contributed by atoms with Crippen molar-refractivity contribution in [2.75, 3.05) is 0 Å². The maximum Gasteiger partial charge on any atom is 0.460 e. The maximum atomic E-state index is 16.3. The molecular formula is C34H12F26. The van der Waals surface area contributed by atoms with E-state index in [0.717, 1.165) is 24.3 Å². The van der Waals surface area contributed by atoms with E-state index in [0.29, 0.717) is 24.3 Å². The minimum absolute atomic E-state index is 0.179. The number of halogens is 26. The summed E-state index contributed by atoms with van der Waals surface area (Å²) in [5, 5.41) is -12.7. The fourth-order valence-electron chi connectivity index (χ4n) is 6.13. The van der Waals surface area contributed by atoms with Gasteiger partial charge in [-0.05, 0) is 67.4 Å². The van der Waals surface area contributed by atoms with E-state index in [1.54, 1.807) is 0 Å². The summed E-state index contributed by atoms with van der Waals surface area (Å²) >= 11 is 0. The minimum Gasteiger partial charge on any atom is -0.194 e. The Bertz CT molecular complexity index is 2220. The molecule has 0 aliphatic heterocycles. The van der Waals surface area contributed by atoms with Crippen LogP contribution in [0.3, 0.4) is 0 Å². The highest BCUT2D eigenvalue weighted by Crippen LogP contribution is 2.66. The van der Waals surface area contributed by atoms with Gasteiger partial charge in [-0.15, -0.1) is 0 Å². The number of fused-ring (bicyclic) bond motifs is 4. The molecule has 0 nitrogen and oxygen atoms in total. The average molecular weight is 914 g/mol. The second kappa shape index (κ2) is 12.9. The van der Waals surface area contributed by atoms with E-state index >= 15 is 35.1 Å². The molecule has 60 heavy (non-hydrogen) atoms. The number of alkyl halides is 26. The van der Waals surface area contributed by atoms with Crippen molar-refractivity contribution in [1.82, 2.24) is 0 Å². The Morgan fingerprint density at radius 2 is 0.417 bits per heavy atom. The molecule has 330 valence electrons. The molecule has 0 radical (unpaired) electrons. The molecule has 26 heteroatoms. The molecule has 0 fully saturated rings. The number of benzene rings is 5. The van der Waals surface area contributed by atoms with Crippen LogP contribution in [0.5, 0.6) is 0 Å². The van der Waals surface area contributed by atoms with Crippen LogP contribution < -0.4 is 0 Å². The zero-order valence-corrected chi connectivity index (χ0v) is 27.8. The second-order valence-electron chi connectivity index (χ2n) is 13.0. The highest BCUT2D eigenvalue weighted by Gasteiger charge is 2.92. The van der Waals surface area contributed by atoms with Crippen LogP contribution in [-0.4, -0.2) is 59.7 Å². The summed E-state index contributed by atoms with van der Waals surface area (Å²) < 4.78 is 375. The van der Waals surface area contributed by atoms with Crippen molar-refractivity contribution in [3.05, 3.63) is 83.9 Å². The molecule has 5 aromatic rings. The number of rotatable bonds is 10. The van der Waals surface area contributed by atoms with E-state index in [9.17, 15) is 79.0 Å². The van der Waals surface area contributed by atoms with Gasteiger partial charge in [0.1, 0.15) is 0 Å². The highest BCUT2D eigenvalue weighted by molar-refractivity contribution is 6.14. The SMILES string of the molecule is FC(F)(F)C(F)(F)C(F)(F)C(F)(F)C(F)(F)C(F)(F)c1c2cc3ccccc3cc2c(C(F)(F)C(F)(F)C(F)(F)C(F)(F)C(F)(F)C(F)(F)F)c2cc3ccccc3cc12. The van der Waals surface area contributed by atoms with Crippen LogP contribution in [-0.2, 0) is 11.8 Å². The molecule has 0 aromatic heterocycles. The minimum atomic E-state index is -8.58. The van der Waals surface area contributed by atoms with Gasteiger partial charge in [-0.3, -0.25) is 0 Å². The lowest BCUT2D eigenvalue weighted by Gasteiger charge is -2.41. The molecule has 0 saturated carbocycles. The fourth-order valence-corrected chi connectivity index (χ4v) is 6.13. The Balaban J connectivity index is 2.03. The molecule has 0 bridgehead atoms. The van der Waals surface area contributed by atoms with E-state index in [2.05, 4.69) is 0 Å². The van der Waals surface area contributed by atoms with Crippen molar-refractivity contribution in [2.45, 2.75) is 71.6 Å². The lowest BCUT2D eigenvalue weighted by molar-refractivity contribution is -0.441. The van der Waals surface area contributed by atoms with Gasteiger partial charge in [0.25, 0.3) is 0 Å². The molecule has 0 atom stereocenters. The first-order valence-corrected chi connectivity index (χ1v) is 15.4. The van der Waals surface area contributed by atoms with E-state index in [4.69, 9.17) is 0 Å². The maximum absolute atomic E-state index is 16.3. The van der Waals surface area contributed by atoms with Crippen molar-refractivity contribution in [3.8, 4) is 0 Å². The lowest BCUT2D eigenvalue weighted by atomic mass is 9.79. The molecule has 5 aromatic carbocycles. The van der Waals surface area contributed by atoms with E-state index in [-0.39, 0.29) is 24.3 Å². The van der Waals surface area contributed by atoms with Crippen molar-refractivity contribution in [1.29, 1.82) is 0 Å². The third-order valence-corrected chi connectivity index (χ3v) is 9.34. The van der Waals surface area contributed by atoms with Crippen LogP contribution in [0.1, 0.15) is 11.1 Å². The first-order chi connectivity index (χ1) is 26.6. The molecular weight excluding hydrogens is 902 g/mol. The first kappa shape index (κ1) is 46.4. The molecule has 5 rings (SSSR count). The van der Waals surface area contributed by atoms with Gasteiger partial charge in [0.05, 0.1) is 0 Å². The Hall–Kier alpha value is -4.68. The van der Waals surface area contributed by atoms with Crippen molar-refractivity contribution in [3.63, 3.8) is 0 Å². The van der Waals surface area contributed by atoms with Crippen molar-refractivity contribution in [2.24, 2.45) is 0 Å². The molecule has 0 saturated heterocycles. The summed E-state index contributed by atoms with van der Waals surface area (Å²) in [6.45, 7) is 0. The summed E-state index contributed by atoms with van der Waals surface area (Å²) in [7, 11) is 0. The Labute approximate surface area is 313 Å². The molecule has 0 N–H and O–H groups in total. The molecule has 0 heterocycles. The largest absolute Gasteiger partial charge is 0.460 e. The third-order valence-electron chi connectivity index (χ3n) is 9.34. The summed E-state index contributed by atoms with van der Waals surface area (Å²) in [6.07, 6.45) is -15.8. The van der Waals surface area contributed by atoms with Crippen molar-refractivity contribution < 1.29 is 114 Å². The summed E-state index contributed by atoms with van der Waals surface area (Å²) in [5.74, 6) is -82.3.